The Bertz CT molecular complexity index is 1330. The largest absolute Gasteiger partial charge is 0.349 e. The number of nitrogens with one attached hydrogen (secondary N) is 1. The molecule has 3 aromatic rings. The summed E-state index contributed by atoms with van der Waals surface area (Å²) >= 11 is 1.26. The first kappa shape index (κ1) is 23.5. The van der Waals surface area contributed by atoms with E-state index in [9.17, 15) is 14.9 Å². The van der Waals surface area contributed by atoms with E-state index in [4.69, 9.17) is 10.7 Å². The molecule has 3 heterocycles. The van der Waals surface area contributed by atoms with Gasteiger partial charge in [0.25, 0.3) is 11.5 Å². The molecule has 0 radical (unpaired) electrons. The maximum Gasteiger partial charge on any atom is 0.273 e. The Balaban J connectivity index is 1.58. The van der Waals surface area contributed by atoms with Crippen molar-refractivity contribution in [2.45, 2.75) is 63.6 Å². The minimum absolute atomic E-state index is 0.00672. The van der Waals surface area contributed by atoms with Crippen LogP contribution in [0.2, 0.25) is 0 Å². The van der Waals surface area contributed by atoms with Gasteiger partial charge in [0.05, 0.1) is 23.7 Å². The van der Waals surface area contributed by atoms with Crippen LogP contribution in [0.25, 0.3) is 10.2 Å². The molecule has 0 spiro atoms. The van der Waals surface area contributed by atoms with Crippen LogP contribution in [0.4, 0.5) is 5.95 Å². The average Bonchev–Trinajstić information content (AvgIpc) is 3.31. The van der Waals surface area contributed by atoms with Crippen molar-refractivity contribution in [2.75, 3.05) is 18.0 Å². The van der Waals surface area contributed by atoms with Crippen LogP contribution in [0.1, 0.15) is 66.4 Å². The zero-order valence-corrected chi connectivity index (χ0v) is 20.5. The Morgan fingerprint density at radius 2 is 2.00 bits per heavy atom. The van der Waals surface area contributed by atoms with E-state index < -0.39 is 0 Å². The minimum Gasteiger partial charge on any atom is -0.349 e. The van der Waals surface area contributed by atoms with Gasteiger partial charge in [-0.25, -0.2) is 4.98 Å². The molecule has 182 valence electrons. The van der Waals surface area contributed by atoms with Crippen LogP contribution in [-0.4, -0.2) is 40.6 Å². The Morgan fingerprint density at radius 3 is 2.77 bits per heavy atom. The molecule has 0 bridgehead atoms. The third-order valence-electron chi connectivity index (χ3n) is 7.05. The average molecular weight is 491 g/mol. The minimum atomic E-state index is -0.196. The lowest BCUT2D eigenvalue weighted by molar-refractivity contribution is 0.0929. The number of carbonyl (C=O) groups excluding carboxylic acids is 1. The maximum absolute atomic E-state index is 13.8. The summed E-state index contributed by atoms with van der Waals surface area (Å²) in [6, 6.07) is 9.67. The van der Waals surface area contributed by atoms with Gasteiger partial charge in [-0.2, -0.15) is 5.26 Å². The lowest BCUT2D eigenvalue weighted by Gasteiger charge is -2.33. The van der Waals surface area contributed by atoms with Gasteiger partial charge in [-0.15, -0.1) is 11.3 Å². The van der Waals surface area contributed by atoms with Gasteiger partial charge in [-0.3, -0.25) is 14.2 Å². The first-order valence-corrected chi connectivity index (χ1v) is 13.2. The van der Waals surface area contributed by atoms with Crippen LogP contribution < -0.4 is 21.5 Å². The molecule has 2 fully saturated rings. The molecule has 5 rings (SSSR count). The number of anilines is 1. The fourth-order valence-corrected chi connectivity index (χ4v) is 6.11. The van der Waals surface area contributed by atoms with Crippen molar-refractivity contribution in [3.8, 4) is 6.07 Å². The summed E-state index contributed by atoms with van der Waals surface area (Å²) < 4.78 is 2.09. The molecule has 35 heavy (non-hydrogen) atoms. The third-order valence-corrected chi connectivity index (χ3v) is 8.01. The summed E-state index contributed by atoms with van der Waals surface area (Å²) in [5.41, 5.74) is 8.26. The van der Waals surface area contributed by atoms with E-state index in [-0.39, 0.29) is 30.1 Å². The van der Waals surface area contributed by atoms with Gasteiger partial charge in [0.15, 0.2) is 0 Å². The fourth-order valence-electron chi connectivity index (χ4n) is 5.17. The summed E-state index contributed by atoms with van der Waals surface area (Å²) in [6.45, 7) is 1.55. The Kier molecular flexibility index (Phi) is 6.84. The Hall–Kier alpha value is -3.22. The predicted octanol–water partition coefficient (Wildman–Crippen LogP) is 3.37. The second-order valence-corrected chi connectivity index (χ2v) is 10.4. The third kappa shape index (κ3) is 4.81. The Labute approximate surface area is 208 Å². The van der Waals surface area contributed by atoms with Crippen molar-refractivity contribution < 1.29 is 4.79 Å². The maximum atomic E-state index is 13.8. The van der Waals surface area contributed by atoms with Gasteiger partial charge >= 0.3 is 0 Å². The van der Waals surface area contributed by atoms with E-state index in [2.05, 4.69) is 11.4 Å². The molecular weight excluding hydrogens is 460 g/mol. The molecule has 2 aliphatic rings. The first-order chi connectivity index (χ1) is 17.0. The van der Waals surface area contributed by atoms with E-state index in [1.807, 2.05) is 23.1 Å². The van der Waals surface area contributed by atoms with Crippen LogP contribution in [0.5, 0.6) is 0 Å². The number of rotatable bonds is 5. The van der Waals surface area contributed by atoms with Crippen molar-refractivity contribution in [1.29, 1.82) is 5.26 Å². The van der Waals surface area contributed by atoms with E-state index >= 15 is 0 Å². The molecule has 2 aromatic heterocycles. The highest BCUT2D eigenvalue weighted by Gasteiger charge is 2.26. The molecule has 8 nitrogen and oxygen atoms in total. The van der Waals surface area contributed by atoms with Gasteiger partial charge in [-0.05, 0) is 37.3 Å². The second kappa shape index (κ2) is 10.2. The highest BCUT2D eigenvalue weighted by atomic mass is 32.1. The summed E-state index contributed by atoms with van der Waals surface area (Å²) in [5.74, 6) is 0.347. The van der Waals surface area contributed by atoms with Crippen molar-refractivity contribution in [3.63, 3.8) is 0 Å². The zero-order chi connectivity index (χ0) is 24.4. The second-order valence-electron chi connectivity index (χ2n) is 9.56. The number of benzene rings is 1. The molecular formula is C26H30N6O2S. The molecule has 1 aromatic carbocycles. The molecule has 1 atom stereocenters. The molecule has 1 saturated carbocycles. The van der Waals surface area contributed by atoms with Crippen molar-refractivity contribution in [3.05, 3.63) is 56.7 Å². The highest BCUT2D eigenvalue weighted by molar-refractivity contribution is 7.17. The lowest BCUT2D eigenvalue weighted by Crippen LogP contribution is -2.45. The predicted molar refractivity (Wildman–Crippen MR) is 138 cm³/mol. The lowest BCUT2D eigenvalue weighted by atomic mass is 9.95. The summed E-state index contributed by atoms with van der Waals surface area (Å²) in [6.07, 6.45) is 7.28. The van der Waals surface area contributed by atoms with Gasteiger partial charge in [-0.1, -0.05) is 37.5 Å². The summed E-state index contributed by atoms with van der Waals surface area (Å²) in [7, 11) is 0. The monoisotopic (exact) mass is 490 g/mol. The molecule has 1 aliphatic carbocycles. The van der Waals surface area contributed by atoms with Crippen LogP contribution in [-0.2, 0) is 6.54 Å². The van der Waals surface area contributed by atoms with Crippen molar-refractivity contribution in [1.82, 2.24) is 14.9 Å². The van der Waals surface area contributed by atoms with Crippen molar-refractivity contribution >= 4 is 33.4 Å². The van der Waals surface area contributed by atoms with Crippen LogP contribution in [0.15, 0.2) is 34.4 Å². The molecule has 1 aliphatic heterocycles. The van der Waals surface area contributed by atoms with E-state index in [1.54, 1.807) is 16.0 Å². The van der Waals surface area contributed by atoms with Crippen molar-refractivity contribution in [2.24, 2.45) is 5.73 Å². The number of carbonyl (C=O) groups is 1. The number of nitrogens with zero attached hydrogens (tertiary/aromatic N) is 4. The zero-order valence-electron chi connectivity index (χ0n) is 19.7. The highest BCUT2D eigenvalue weighted by Crippen LogP contribution is 2.27. The quantitative estimate of drug-likeness (QED) is 0.566. The van der Waals surface area contributed by atoms with Gasteiger partial charge < -0.3 is 16.0 Å². The van der Waals surface area contributed by atoms with Gasteiger partial charge in [0.2, 0.25) is 5.95 Å². The molecule has 3 N–H and O–H groups in total. The van der Waals surface area contributed by atoms with Crippen LogP contribution >= 0.6 is 11.3 Å². The number of aromatic nitrogens is 2. The number of hydrogen-bond donors (Lipinski definition) is 2. The number of piperidine rings is 1. The first-order valence-electron chi connectivity index (χ1n) is 12.4. The number of thiophene rings is 1. The van der Waals surface area contributed by atoms with Gasteiger partial charge in [0.1, 0.15) is 10.2 Å². The molecule has 9 heteroatoms. The fraction of sp³-hybridized carbons (Fsp3) is 0.462. The smallest absolute Gasteiger partial charge is 0.273 e. The number of nitrogens with two attached hydrogens (primary N) is 1. The Morgan fingerprint density at radius 1 is 1.20 bits per heavy atom. The van der Waals surface area contributed by atoms with E-state index in [1.165, 1.54) is 17.8 Å². The summed E-state index contributed by atoms with van der Waals surface area (Å²) in [4.78, 5) is 33.9. The summed E-state index contributed by atoms with van der Waals surface area (Å²) in [5, 5.41) is 14.5. The molecule has 1 saturated heterocycles. The standard InChI is InChI=1S/C26H30N6O2S/c27-13-17-7-4-5-8-18(17)14-32-25(34)23-22(30-26(32)31-12-6-9-19(28)15-31)21(16-35-23)24(33)29-20-10-2-1-3-11-20/h4-5,7-8,16,19-20H,1-3,6,9-12,14-15,28H2,(H,29,33). The topological polar surface area (TPSA) is 117 Å². The van der Waals surface area contributed by atoms with Crippen LogP contribution in [0, 0.1) is 11.3 Å². The number of hydrogen-bond acceptors (Lipinski definition) is 7. The van der Waals surface area contributed by atoms with Gasteiger partial charge in [0, 0.05) is 30.6 Å². The number of fused-ring (bicyclic) bond motifs is 1. The SMILES string of the molecule is N#Cc1ccccc1Cn1c(N2CCCC(N)C2)nc2c(C(=O)NC3CCCCC3)csc2c1=O. The molecule has 1 unspecified atom stereocenters. The molecule has 1 amide bonds. The normalized spacial score (nSPS) is 19.0. The van der Waals surface area contributed by atoms with Crippen LogP contribution in [0.3, 0.4) is 0 Å². The van der Waals surface area contributed by atoms with E-state index in [0.29, 0.717) is 33.8 Å². The number of nitriles is 1. The van der Waals surface area contributed by atoms with E-state index in [0.717, 1.165) is 50.6 Å². The number of amides is 1.